The number of nitrogens with one attached hydrogen (secondary N) is 1. The molecule has 3 N–H and O–H groups in total. The van der Waals surface area contributed by atoms with Gasteiger partial charge in [0.1, 0.15) is 0 Å². The number of hydrogen-bond acceptors (Lipinski definition) is 3. The quantitative estimate of drug-likeness (QED) is 0.897. The molecule has 2 atom stereocenters. The van der Waals surface area contributed by atoms with Gasteiger partial charge in [0, 0.05) is 25.0 Å². The molecule has 2 rings (SSSR count). The van der Waals surface area contributed by atoms with E-state index in [0.717, 1.165) is 23.1 Å². The van der Waals surface area contributed by atoms with Crippen molar-refractivity contribution in [1.82, 2.24) is 4.98 Å². The number of halogens is 1. The first-order chi connectivity index (χ1) is 7.75. The molecule has 1 saturated carbocycles. The highest BCUT2D eigenvalue weighted by molar-refractivity contribution is 9.10. The fourth-order valence-electron chi connectivity index (χ4n) is 2.29. The van der Waals surface area contributed by atoms with Crippen molar-refractivity contribution in [3.05, 3.63) is 22.9 Å². The van der Waals surface area contributed by atoms with E-state index in [0.29, 0.717) is 12.0 Å². The molecule has 1 aliphatic rings. The average Bonchev–Trinajstić information content (AvgIpc) is 2.28. The van der Waals surface area contributed by atoms with Crippen LogP contribution in [-0.2, 0) is 0 Å². The summed E-state index contributed by atoms with van der Waals surface area (Å²) in [5.74, 6) is 0.712. The normalized spacial score (nSPS) is 25.4. The monoisotopic (exact) mass is 283 g/mol. The number of nitrogens with two attached hydrogens (primary N) is 1. The third-order valence-corrected chi connectivity index (χ3v) is 3.81. The minimum atomic E-state index is 0.404. The van der Waals surface area contributed by atoms with Crippen molar-refractivity contribution in [3.8, 4) is 0 Å². The van der Waals surface area contributed by atoms with Crippen molar-refractivity contribution in [3.63, 3.8) is 0 Å². The summed E-state index contributed by atoms with van der Waals surface area (Å²) in [6.45, 7) is 1.01. The Kier molecular flexibility index (Phi) is 4.18. The summed E-state index contributed by atoms with van der Waals surface area (Å²) in [5.41, 5.74) is 7.10. The molecule has 1 aromatic heterocycles. The van der Waals surface area contributed by atoms with E-state index in [2.05, 4.69) is 26.2 Å². The fourth-order valence-corrected chi connectivity index (χ4v) is 2.68. The molecule has 0 aliphatic heterocycles. The topological polar surface area (TPSA) is 50.9 Å². The van der Waals surface area contributed by atoms with E-state index in [-0.39, 0.29) is 0 Å². The molecule has 0 saturated heterocycles. The Morgan fingerprint density at radius 2 is 2.38 bits per heavy atom. The minimum Gasteiger partial charge on any atom is -0.384 e. The van der Waals surface area contributed by atoms with E-state index in [4.69, 9.17) is 5.73 Å². The zero-order chi connectivity index (χ0) is 11.4. The Hall–Kier alpha value is -0.610. The van der Waals surface area contributed by atoms with E-state index in [1.54, 1.807) is 6.20 Å². The maximum Gasteiger partial charge on any atom is 0.0590 e. The standard InChI is InChI=1S/C12H18BrN3/c13-11-8-15-5-4-12(11)16-7-9-2-1-3-10(14)6-9/h4-5,8-10H,1-3,6-7,14H2,(H,15,16). The molecule has 88 valence electrons. The first-order valence-electron chi connectivity index (χ1n) is 5.84. The first-order valence-corrected chi connectivity index (χ1v) is 6.64. The van der Waals surface area contributed by atoms with E-state index in [1.807, 2.05) is 12.3 Å². The number of hydrogen-bond donors (Lipinski definition) is 2. The maximum atomic E-state index is 5.98. The Morgan fingerprint density at radius 1 is 1.50 bits per heavy atom. The highest BCUT2D eigenvalue weighted by Gasteiger charge is 2.18. The second-order valence-corrected chi connectivity index (χ2v) is 5.38. The maximum absolute atomic E-state index is 5.98. The molecule has 16 heavy (non-hydrogen) atoms. The van der Waals surface area contributed by atoms with Gasteiger partial charge in [0.15, 0.2) is 0 Å². The van der Waals surface area contributed by atoms with E-state index in [9.17, 15) is 0 Å². The van der Waals surface area contributed by atoms with Crippen molar-refractivity contribution in [1.29, 1.82) is 0 Å². The lowest BCUT2D eigenvalue weighted by atomic mass is 9.86. The Morgan fingerprint density at radius 3 is 3.12 bits per heavy atom. The zero-order valence-corrected chi connectivity index (χ0v) is 10.9. The molecule has 1 aromatic rings. The summed E-state index contributed by atoms with van der Waals surface area (Å²) in [6.07, 6.45) is 8.52. The van der Waals surface area contributed by atoms with Gasteiger partial charge in [-0.25, -0.2) is 0 Å². The van der Waals surface area contributed by atoms with Crippen LogP contribution in [0.1, 0.15) is 25.7 Å². The van der Waals surface area contributed by atoms with Gasteiger partial charge in [-0.3, -0.25) is 4.98 Å². The Bertz CT molecular complexity index is 343. The molecule has 0 bridgehead atoms. The van der Waals surface area contributed by atoms with Crippen LogP contribution in [0.15, 0.2) is 22.9 Å². The summed E-state index contributed by atoms with van der Waals surface area (Å²) in [6, 6.07) is 2.40. The third kappa shape index (κ3) is 3.19. The van der Waals surface area contributed by atoms with E-state index >= 15 is 0 Å². The van der Waals surface area contributed by atoms with Crippen LogP contribution in [0.5, 0.6) is 0 Å². The molecule has 0 amide bonds. The van der Waals surface area contributed by atoms with Crippen LogP contribution in [0.4, 0.5) is 5.69 Å². The molecule has 4 heteroatoms. The molecule has 1 heterocycles. The van der Waals surface area contributed by atoms with Crippen LogP contribution in [0.25, 0.3) is 0 Å². The summed E-state index contributed by atoms with van der Waals surface area (Å²) < 4.78 is 1.02. The molecular weight excluding hydrogens is 266 g/mol. The lowest BCUT2D eigenvalue weighted by Gasteiger charge is -2.27. The predicted octanol–water partition coefficient (Wildman–Crippen LogP) is 2.77. The van der Waals surface area contributed by atoms with Crippen molar-refractivity contribution in [2.75, 3.05) is 11.9 Å². The Balaban J connectivity index is 1.85. The molecule has 0 radical (unpaired) electrons. The molecule has 1 aliphatic carbocycles. The largest absolute Gasteiger partial charge is 0.384 e. The number of pyridine rings is 1. The molecule has 0 aromatic carbocycles. The van der Waals surface area contributed by atoms with E-state index < -0.39 is 0 Å². The van der Waals surface area contributed by atoms with Gasteiger partial charge < -0.3 is 11.1 Å². The number of nitrogens with zero attached hydrogens (tertiary/aromatic N) is 1. The van der Waals surface area contributed by atoms with Gasteiger partial charge in [0.2, 0.25) is 0 Å². The summed E-state index contributed by atoms with van der Waals surface area (Å²) in [7, 11) is 0. The van der Waals surface area contributed by atoms with Gasteiger partial charge in [-0.15, -0.1) is 0 Å². The fraction of sp³-hybridized carbons (Fsp3) is 0.583. The molecule has 0 spiro atoms. The number of anilines is 1. The highest BCUT2D eigenvalue weighted by atomic mass is 79.9. The summed E-state index contributed by atoms with van der Waals surface area (Å²) in [4.78, 5) is 4.04. The SMILES string of the molecule is NC1CCCC(CNc2ccncc2Br)C1. The van der Waals surface area contributed by atoms with Crippen LogP contribution in [0, 0.1) is 5.92 Å². The van der Waals surface area contributed by atoms with Crippen LogP contribution >= 0.6 is 15.9 Å². The van der Waals surface area contributed by atoms with Crippen molar-refractivity contribution in [2.45, 2.75) is 31.7 Å². The van der Waals surface area contributed by atoms with Gasteiger partial charge in [-0.2, -0.15) is 0 Å². The minimum absolute atomic E-state index is 0.404. The zero-order valence-electron chi connectivity index (χ0n) is 9.32. The number of rotatable bonds is 3. The molecular formula is C12H18BrN3. The Labute approximate surface area is 105 Å². The van der Waals surface area contributed by atoms with Crippen LogP contribution < -0.4 is 11.1 Å². The first kappa shape index (κ1) is 11.9. The van der Waals surface area contributed by atoms with Gasteiger partial charge >= 0.3 is 0 Å². The van der Waals surface area contributed by atoms with Crippen LogP contribution in [0.3, 0.4) is 0 Å². The van der Waals surface area contributed by atoms with Crippen LogP contribution in [-0.4, -0.2) is 17.6 Å². The van der Waals surface area contributed by atoms with Gasteiger partial charge in [0.05, 0.1) is 10.2 Å². The highest BCUT2D eigenvalue weighted by Crippen LogP contribution is 2.25. The molecule has 1 fully saturated rings. The van der Waals surface area contributed by atoms with E-state index in [1.165, 1.54) is 19.3 Å². The summed E-state index contributed by atoms with van der Waals surface area (Å²) >= 11 is 3.48. The lowest BCUT2D eigenvalue weighted by Crippen LogP contribution is -2.31. The summed E-state index contributed by atoms with van der Waals surface area (Å²) in [5, 5.41) is 3.46. The second kappa shape index (κ2) is 5.64. The van der Waals surface area contributed by atoms with Crippen molar-refractivity contribution in [2.24, 2.45) is 11.7 Å². The average molecular weight is 284 g/mol. The van der Waals surface area contributed by atoms with Gasteiger partial charge in [0.25, 0.3) is 0 Å². The lowest BCUT2D eigenvalue weighted by molar-refractivity contribution is 0.335. The van der Waals surface area contributed by atoms with Gasteiger partial charge in [-0.1, -0.05) is 6.42 Å². The second-order valence-electron chi connectivity index (χ2n) is 4.53. The van der Waals surface area contributed by atoms with Crippen molar-refractivity contribution >= 4 is 21.6 Å². The third-order valence-electron chi connectivity index (χ3n) is 3.18. The van der Waals surface area contributed by atoms with Crippen molar-refractivity contribution < 1.29 is 0 Å². The molecule has 3 nitrogen and oxygen atoms in total. The smallest absolute Gasteiger partial charge is 0.0590 e. The predicted molar refractivity (Wildman–Crippen MR) is 70.4 cm³/mol. The molecule has 2 unspecified atom stereocenters. The number of aromatic nitrogens is 1. The van der Waals surface area contributed by atoms with Crippen LogP contribution in [0.2, 0.25) is 0 Å². The van der Waals surface area contributed by atoms with Gasteiger partial charge in [-0.05, 0) is 47.2 Å².